The topological polar surface area (TPSA) is 136 Å². The smallest absolute Gasteiger partial charge is 0.291 e. The largest absolute Gasteiger partial charge is 0.497 e. The molecule has 0 spiro atoms. The van der Waals surface area contributed by atoms with Gasteiger partial charge in [0.25, 0.3) is 11.6 Å². The molecule has 2 N–H and O–H groups in total. The fourth-order valence-corrected chi connectivity index (χ4v) is 3.95. The zero-order chi connectivity index (χ0) is 24.9. The summed E-state index contributed by atoms with van der Waals surface area (Å²) in [6.07, 6.45) is 2.10. The van der Waals surface area contributed by atoms with Crippen molar-refractivity contribution in [3.63, 3.8) is 0 Å². The number of nitrogens with one attached hydrogen (secondary N) is 2. The lowest BCUT2D eigenvalue weighted by Gasteiger charge is -2.13. The first-order valence-corrected chi connectivity index (χ1v) is 11.0. The highest BCUT2D eigenvalue weighted by Gasteiger charge is 2.28. The SMILES string of the molecule is COc1ccc(NC(=O)c2oc3c(c2C)/C(=N/NC(=O)Cc2ccc([N+](=O)[O-])cc2)CCC3)cc1. The Morgan fingerprint density at radius 1 is 1.11 bits per heavy atom. The number of rotatable bonds is 7. The van der Waals surface area contributed by atoms with E-state index in [0.29, 0.717) is 46.9 Å². The number of carbonyl (C=O) groups excluding carboxylic acids is 2. The molecule has 2 amide bonds. The molecule has 1 aromatic heterocycles. The number of hydrogen-bond acceptors (Lipinski definition) is 7. The van der Waals surface area contributed by atoms with Crippen molar-refractivity contribution < 1.29 is 23.7 Å². The van der Waals surface area contributed by atoms with E-state index in [4.69, 9.17) is 9.15 Å². The first-order valence-electron chi connectivity index (χ1n) is 11.0. The molecule has 0 saturated carbocycles. The van der Waals surface area contributed by atoms with Crippen molar-refractivity contribution in [1.29, 1.82) is 0 Å². The van der Waals surface area contributed by atoms with E-state index in [0.717, 1.165) is 12.0 Å². The summed E-state index contributed by atoms with van der Waals surface area (Å²) in [6, 6.07) is 12.8. The van der Waals surface area contributed by atoms with Gasteiger partial charge in [0.15, 0.2) is 5.76 Å². The molecule has 0 saturated heterocycles. The number of hydrogen-bond donors (Lipinski definition) is 2. The number of nitrogens with zero attached hydrogens (tertiary/aromatic N) is 2. The van der Waals surface area contributed by atoms with Crippen LogP contribution in [0.4, 0.5) is 11.4 Å². The maximum absolute atomic E-state index is 12.9. The Labute approximate surface area is 201 Å². The van der Waals surface area contributed by atoms with Crippen LogP contribution in [0.3, 0.4) is 0 Å². The number of benzene rings is 2. The van der Waals surface area contributed by atoms with Crippen LogP contribution in [0.15, 0.2) is 58.0 Å². The number of methoxy groups -OCH3 is 1. The monoisotopic (exact) mass is 476 g/mol. The van der Waals surface area contributed by atoms with Gasteiger partial charge in [-0.25, -0.2) is 5.43 Å². The average molecular weight is 476 g/mol. The Morgan fingerprint density at radius 3 is 2.49 bits per heavy atom. The number of fused-ring (bicyclic) bond motifs is 1. The number of amides is 2. The minimum absolute atomic E-state index is 0.0293. The molecule has 0 radical (unpaired) electrons. The van der Waals surface area contributed by atoms with E-state index >= 15 is 0 Å². The van der Waals surface area contributed by atoms with Crippen LogP contribution in [-0.4, -0.2) is 29.6 Å². The van der Waals surface area contributed by atoms with E-state index in [2.05, 4.69) is 15.8 Å². The minimum Gasteiger partial charge on any atom is -0.497 e. The van der Waals surface area contributed by atoms with Crippen molar-refractivity contribution in [2.24, 2.45) is 5.10 Å². The summed E-state index contributed by atoms with van der Waals surface area (Å²) >= 11 is 0. The van der Waals surface area contributed by atoms with Gasteiger partial charge in [0.2, 0.25) is 5.91 Å². The molecule has 1 aliphatic carbocycles. The number of ether oxygens (including phenoxy) is 1. The summed E-state index contributed by atoms with van der Waals surface area (Å²) in [4.78, 5) is 35.5. The molecule has 10 nitrogen and oxygen atoms in total. The number of furan rings is 1. The standard InChI is InChI=1S/C25H24N4O6/c1-15-23-20(27-28-22(30)14-16-6-10-18(11-7-16)29(32)33)4-3-5-21(23)35-24(15)25(31)26-17-8-12-19(34-2)13-9-17/h6-13H,3-5,14H2,1-2H3,(H,26,31)(H,28,30)/b27-20+. The molecule has 4 rings (SSSR count). The minimum atomic E-state index is -0.491. The summed E-state index contributed by atoms with van der Waals surface area (Å²) in [5.41, 5.74) is 5.81. The molecule has 1 heterocycles. The average Bonchev–Trinajstić information content (AvgIpc) is 3.20. The van der Waals surface area contributed by atoms with Crippen LogP contribution in [0.2, 0.25) is 0 Å². The molecule has 0 fully saturated rings. The predicted octanol–water partition coefficient (Wildman–Crippen LogP) is 4.16. The molecule has 35 heavy (non-hydrogen) atoms. The van der Waals surface area contributed by atoms with Crippen molar-refractivity contribution in [2.45, 2.75) is 32.6 Å². The summed E-state index contributed by atoms with van der Waals surface area (Å²) in [7, 11) is 1.57. The van der Waals surface area contributed by atoms with Gasteiger partial charge in [-0.2, -0.15) is 5.10 Å². The second-order valence-electron chi connectivity index (χ2n) is 8.08. The summed E-state index contributed by atoms with van der Waals surface area (Å²) in [5.74, 6) is 0.833. The normalized spacial score (nSPS) is 13.7. The van der Waals surface area contributed by atoms with Gasteiger partial charge in [-0.1, -0.05) is 12.1 Å². The molecule has 10 heteroatoms. The Hall–Kier alpha value is -4.47. The fourth-order valence-electron chi connectivity index (χ4n) is 3.95. The molecule has 3 aromatic rings. The summed E-state index contributed by atoms with van der Waals surface area (Å²) in [6.45, 7) is 1.80. The van der Waals surface area contributed by atoms with Gasteiger partial charge in [-0.05, 0) is 49.6 Å². The van der Waals surface area contributed by atoms with Crippen molar-refractivity contribution >= 4 is 28.9 Å². The lowest BCUT2D eigenvalue weighted by molar-refractivity contribution is -0.384. The number of carbonyl (C=O) groups is 2. The second-order valence-corrected chi connectivity index (χ2v) is 8.08. The van der Waals surface area contributed by atoms with Crippen molar-refractivity contribution in [3.05, 3.63) is 86.9 Å². The maximum Gasteiger partial charge on any atom is 0.291 e. The van der Waals surface area contributed by atoms with E-state index in [1.54, 1.807) is 38.3 Å². The van der Waals surface area contributed by atoms with Crippen molar-refractivity contribution in [3.8, 4) is 5.75 Å². The van der Waals surface area contributed by atoms with Gasteiger partial charge in [-0.3, -0.25) is 19.7 Å². The maximum atomic E-state index is 12.9. The van der Waals surface area contributed by atoms with Gasteiger partial charge in [0.1, 0.15) is 11.5 Å². The van der Waals surface area contributed by atoms with Crippen LogP contribution >= 0.6 is 0 Å². The number of nitro benzene ring substituents is 1. The van der Waals surface area contributed by atoms with Crippen LogP contribution in [-0.2, 0) is 17.6 Å². The van der Waals surface area contributed by atoms with E-state index in [9.17, 15) is 19.7 Å². The first-order chi connectivity index (χ1) is 16.9. The van der Waals surface area contributed by atoms with Crippen LogP contribution in [0.5, 0.6) is 5.75 Å². The third kappa shape index (κ3) is 5.37. The van der Waals surface area contributed by atoms with Crippen molar-refractivity contribution in [1.82, 2.24) is 5.43 Å². The third-order valence-electron chi connectivity index (χ3n) is 5.71. The highest BCUT2D eigenvalue weighted by molar-refractivity contribution is 6.09. The molecule has 2 aromatic carbocycles. The summed E-state index contributed by atoms with van der Waals surface area (Å²) < 4.78 is 11.0. The van der Waals surface area contributed by atoms with Crippen LogP contribution in [0.25, 0.3) is 0 Å². The predicted molar refractivity (Wildman–Crippen MR) is 129 cm³/mol. The number of non-ortho nitro benzene ring substituents is 1. The molecule has 0 bridgehead atoms. The Balaban J connectivity index is 1.46. The van der Waals surface area contributed by atoms with Gasteiger partial charge >= 0.3 is 0 Å². The number of nitro groups is 1. The van der Waals surface area contributed by atoms with E-state index in [1.807, 2.05) is 0 Å². The quantitative estimate of drug-likeness (QED) is 0.388. The third-order valence-corrected chi connectivity index (χ3v) is 5.71. The highest BCUT2D eigenvalue weighted by atomic mass is 16.6. The van der Waals surface area contributed by atoms with Crippen LogP contribution in [0, 0.1) is 17.0 Å². The van der Waals surface area contributed by atoms with Gasteiger partial charge < -0.3 is 14.5 Å². The Morgan fingerprint density at radius 2 is 1.83 bits per heavy atom. The van der Waals surface area contributed by atoms with E-state index in [-0.39, 0.29) is 29.7 Å². The second kappa shape index (κ2) is 10.2. The molecule has 0 unspecified atom stereocenters. The van der Waals surface area contributed by atoms with Crippen molar-refractivity contribution in [2.75, 3.05) is 12.4 Å². The molecule has 1 aliphatic rings. The molecule has 0 atom stereocenters. The zero-order valence-corrected chi connectivity index (χ0v) is 19.3. The Bertz CT molecular complexity index is 1290. The molecular weight excluding hydrogens is 452 g/mol. The highest BCUT2D eigenvalue weighted by Crippen LogP contribution is 2.30. The lowest BCUT2D eigenvalue weighted by Crippen LogP contribution is -2.23. The van der Waals surface area contributed by atoms with E-state index in [1.165, 1.54) is 24.3 Å². The van der Waals surface area contributed by atoms with Gasteiger partial charge in [0.05, 0.1) is 24.2 Å². The number of hydrazone groups is 1. The fraction of sp³-hybridized carbons (Fsp3) is 0.240. The molecular formula is C25H24N4O6. The summed E-state index contributed by atoms with van der Waals surface area (Å²) in [5, 5.41) is 17.9. The van der Waals surface area contributed by atoms with Gasteiger partial charge in [0, 0.05) is 35.4 Å². The van der Waals surface area contributed by atoms with Crippen LogP contribution < -0.4 is 15.5 Å². The Kier molecular flexibility index (Phi) is 6.91. The number of aryl methyl sites for hydroxylation is 1. The van der Waals surface area contributed by atoms with Gasteiger partial charge in [-0.15, -0.1) is 0 Å². The molecule has 180 valence electrons. The molecule has 0 aliphatic heterocycles. The van der Waals surface area contributed by atoms with E-state index < -0.39 is 4.92 Å². The zero-order valence-electron chi connectivity index (χ0n) is 19.3. The van der Waals surface area contributed by atoms with Crippen LogP contribution in [0.1, 0.15) is 45.8 Å². The number of anilines is 1. The lowest BCUT2D eigenvalue weighted by atomic mass is 9.93. The first kappa shape index (κ1) is 23.7.